The van der Waals surface area contributed by atoms with Crippen LogP contribution >= 0.6 is 0 Å². The second-order valence-corrected chi connectivity index (χ2v) is 7.01. The van der Waals surface area contributed by atoms with E-state index in [2.05, 4.69) is 36.8 Å². The summed E-state index contributed by atoms with van der Waals surface area (Å²) in [5, 5.41) is 8.12. The number of likely N-dealkylation sites (tertiary alicyclic amines) is 1. The Morgan fingerprint density at radius 1 is 1.20 bits per heavy atom. The van der Waals surface area contributed by atoms with E-state index in [9.17, 15) is 4.79 Å². The summed E-state index contributed by atoms with van der Waals surface area (Å²) in [6.07, 6.45) is 8.83. The molecule has 0 bridgehead atoms. The molecule has 2 aliphatic rings. The van der Waals surface area contributed by atoms with Crippen molar-refractivity contribution in [2.45, 2.75) is 32.2 Å². The maximum absolute atomic E-state index is 12.6. The quantitative estimate of drug-likeness (QED) is 0.815. The Bertz CT molecular complexity index is 737. The molecule has 0 spiro atoms. The summed E-state index contributed by atoms with van der Waals surface area (Å²) < 4.78 is 1.88. The zero-order chi connectivity index (χ0) is 17.2. The highest BCUT2D eigenvalue weighted by Gasteiger charge is 2.27. The molecular formula is C17H25N7O. The van der Waals surface area contributed by atoms with Crippen LogP contribution < -0.4 is 4.90 Å². The van der Waals surface area contributed by atoms with Crippen LogP contribution in [0.4, 0.5) is 5.82 Å². The van der Waals surface area contributed by atoms with Gasteiger partial charge in [-0.1, -0.05) is 0 Å². The molecule has 4 heterocycles. The van der Waals surface area contributed by atoms with Gasteiger partial charge in [-0.25, -0.2) is 4.98 Å². The normalized spacial score (nSPS) is 22.5. The Morgan fingerprint density at radius 3 is 2.84 bits per heavy atom. The molecule has 2 fully saturated rings. The molecule has 134 valence electrons. The highest BCUT2D eigenvalue weighted by molar-refractivity contribution is 5.78. The number of hydrogen-bond donors (Lipinski definition) is 0. The average molecular weight is 343 g/mol. The zero-order valence-electron chi connectivity index (χ0n) is 14.7. The van der Waals surface area contributed by atoms with E-state index in [-0.39, 0.29) is 5.91 Å². The highest BCUT2D eigenvalue weighted by Crippen LogP contribution is 2.19. The van der Waals surface area contributed by atoms with Gasteiger partial charge in [0.2, 0.25) is 11.6 Å². The summed E-state index contributed by atoms with van der Waals surface area (Å²) in [5.41, 5.74) is 0.786. The van der Waals surface area contributed by atoms with Gasteiger partial charge in [0, 0.05) is 51.2 Å². The van der Waals surface area contributed by atoms with Gasteiger partial charge in [0.1, 0.15) is 6.33 Å². The first-order chi connectivity index (χ1) is 12.2. The maximum atomic E-state index is 12.6. The standard InChI is InChI=1S/C17H25N7O/c1-14-4-2-3-6-24(14)15(25)12-21-8-10-22(11-9-21)16-17-20-19-13-23(17)7-5-18-16/h5,7,13-14H,2-4,6,8-12H2,1H3/t14-/m1/s1. The van der Waals surface area contributed by atoms with Crippen molar-refractivity contribution >= 4 is 17.4 Å². The minimum absolute atomic E-state index is 0.276. The lowest BCUT2D eigenvalue weighted by Crippen LogP contribution is -2.52. The fraction of sp³-hybridized carbons (Fsp3) is 0.647. The Labute approximate surface area is 147 Å². The number of rotatable bonds is 3. The molecule has 0 unspecified atom stereocenters. The SMILES string of the molecule is C[C@@H]1CCCCN1C(=O)CN1CCN(c2nccn3cnnc23)CC1. The molecule has 0 aliphatic carbocycles. The fourth-order valence-electron chi connectivity index (χ4n) is 3.84. The molecule has 4 rings (SSSR count). The van der Waals surface area contributed by atoms with Gasteiger partial charge in [0.15, 0.2) is 5.82 Å². The zero-order valence-corrected chi connectivity index (χ0v) is 14.7. The molecule has 0 radical (unpaired) electrons. The van der Waals surface area contributed by atoms with Crippen LogP contribution in [-0.2, 0) is 4.79 Å². The van der Waals surface area contributed by atoms with Crippen molar-refractivity contribution in [3.8, 4) is 0 Å². The van der Waals surface area contributed by atoms with Crippen molar-refractivity contribution in [3.05, 3.63) is 18.7 Å². The summed E-state index contributed by atoms with van der Waals surface area (Å²) in [6.45, 7) is 7.04. The van der Waals surface area contributed by atoms with E-state index in [4.69, 9.17) is 0 Å². The number of amides is 1. The number of fused-ring (bicyclic) bond motifs is 1. The van der Waals surface area contributed by atoms with Crippen LogP contribution in [-0.4, -0.2) is 80.6 Å². The first-order valence-electron chi connectivity index (χ1n) is 9.13. The molecule has 1 amide bonds. The van der Waals surface area contributed by atoms with Gasteiger partial charge in [-0.2, -0.15) is 0 Å². The predicted octanol–water partition coefficient (Wildman–Crippen LogP) is 0.647. The minimum atomic E-state index is 0.276. The third kappa shape index (κ3) is 3.30. The summed E-state index contributed by atoms with van der Waals surface area (Å²) >= 11 is 0. The lowest BCUT2D eigenvalue weighted by Gasteiger charge is -2.38. The summed E-state index contributed by atoms with van der Waals surface area (Å²) in [4.78, 5) is 23.6. The minimum Gasteiger partial charge on any atom is -0.351 e. The first kappa shape index (κ1) is 16.3. The molecule has 0 N–H and O–H groups in total. The highest BCUT2D eigenvalue weighted by atomic mass is 16.2. The molecule has 0 saturated carbocycles. The smallest absolute Gasteiger partial charge is 0.236 e. The van der Waals surface area contributed by atoms with Crippen LogP contribution in [0.5, 0.6) is 0 Å². The predicted molar refractivity (Wildman–Crippen MR) is 94.5 cm³/mol. The van der Waals surface area contributed by atoms with E-state index in [1.165, 1.54) is 6.42 Å². The third-order valence-corrected chi connectivity index (χ3v) is 5.35. The Morgan fingerprint density at radius 2 is 2.04 bits per heavy atom. The van der Waals surface area contributed by atoms with Crippen LogP contribution in [0, 0.1) is 0 Å². The number of anilines is 1. The van der Waals surface area contributed by atoms with E-state index in [1.54, 1.807) is 12.5 Å². The van der Waals surface area contributed by atoms with E-state index in [1.807, 2.05) is 10.6 Å². The van der Waals surface area contributed by atoms with E-state index < -0.39 is 0 Å². The topological polar surface area (TPSA) is 69.9 Å². The number of piperazine rings is 1. The number of nitrogens with zero attached hydrogens (tertiary/aromatic N) is 7. The molecular weight excluding hydrogens is 318 g/mol. The second-order valence-electron chi connectivity index (χ2n) is 7.01. The van der Waals surface area contributed by atoms with Crippen molar-refractivity contribution in [2.24, 2.45) is 0 Å². The Balaban J connectivity index is 1.35. The van der Waals surface area contributed by atoms with Crippen LogP contribution in [0.25, 0.3) is 5.65 Å². The number of carbonyl (C=O) groups is 1. The molecule has 2 aromatic rings. The molecule has 1 atom stereocenters. The van der Waals surface area contributed by atoms with Crippen molar-refractivity contribution in [1.82, 2.24) is 29.4 Å². The van der Waals surface area contributed by atoms with Gasteiger partial charge in [-0.3, -0.25) is 14.1 Å². The van der Waals surface area contributed by atoms with E-state index in [0.717, 1.165) is 57.0 Å². The fourth-order valence-corrected chi connectivity index (χ4v) is 3.84. The molecule has 2 aromatic heterocycles. The number of aromatic nitrogens is 4. The number of carbonyl (C=O) groups excluding carboxylic acids is 1. The van der Waals surface area contributed by atoms with Crippen molar-refractivity contribution in [2.75, 3.05) is 44.2 Å². The summed E-state index contributed by atoms with van der Waals surface area (Å²) in [5.74, 6) is 1.15. The van der Waals surface area contributed by atoms with Gasteiger partial charge in [0.05, 0.1) is 6.54 Å². The van der Waals surface area contributed by atoms with Crippen LogP contribution in [0.15, 0.2) is 18.7 Å². The van der Waals surface area contributed by atoms with Crippen LogP contribution in [0.2, 0.25) is 0 Å². The molecule has 0 aromatic carbocycles. The lowest BCUT2D eigenvalue weighted by atomic mass is 10.0. The average Bonchev–Trinajstić information content (AvgIpc) is 3.11. The molecule has 8 heteroatoms. The molecule has 2 aliphatic heterocycles. The van der Waals surface area contributed by atoms with E-state index >= 15 is 0 Å². The Hall–Kier alpha value is -2.22. The van der Waals surface area contributed by atoms with Crippen molar-refractivity contribution in [1.29, 1.82) is 0 Å². The monoisotopic (exact) mass is 343 g/mol. The lowest BCUT2D eigenvalue weighted by molar-refractivity contribution is -0.135. The van der Waals surface area contributed by atoms with Gasteiger partial charge in [-0.15, -0.1) is 10.2 Å². The summed E-state index contributed by atoms with van der Waals surface area (Å²) in [7, 11) is 0. The Kier molecular flexibility index (Phi) is 4.52. The first-order valence-corrected chi connectivity index (χ1v) is 9.13. The van der Waals surface area contributed by atoms with Crippen molar-refractivity contribution < 1.29 is 4.79 Å². The van der Waals surface area contributed by atoms with Crippen LogP contribution in [0.3, 0.4) is 0 Å². The van der Waals surface area contributed by atoms with Gasteiger partial charge in [0.25, 0.3) is 0 Å². The van der Waals surface area contributed by atoms with Gasteiger partial charge >= 0.3 is 0 Å². The van der Waals surface area contributed by atoms with Gasteiger partial charge < -0.3 is 9.80 Å². The van der Waals surface area contributed by atoms with Crippen molar-refractivity contribution in [3.63, 3.8) is 0 Å². The maximum Gasteiger partial charge on any atom is 0.236 e. The number of piperidine rings is 1. The van der Waals surface area contributed by atoms with Gasteiger partial charge in [-0.05, 0) is 26.2 Å². The third-order valence-electron chi connectivity index (χ3n) is 5.35. The molecule has 25 heavy (non-hydrogen) atoms. The van der Waals surface area contributed by atoms with E-state index in [0.29, 0.717) is 12.6 Å². The second kappa shape index (κ2) is 6.95. The number of hydrogen-bond acceptors (Lipinski definition) is 6. The molecule has 2 saturated heterocycles. The van der Waals surface area contributed by atoms with Crippen LogP contribution in [0.1, 0.15) is 26.2 Å². The largest absolute Gasteiger partial charge is 0.351 e. The summed E-state index contributed by atoms with van der Waals surface area (Å²) in [6, 6.07) is 0.386. The molecule has 8 nitrogen and oxygen atoms in total.